The molecule has 2 rings (SSSR count). The highest BCUT2D eigenvalue weighted by atomic mass is 16.4. The maximum Gasteiger partial charge on any atom is 0.329 e. The Bertz CT molecular complexity index is 490. The third-order valence-electron chi connectivity index (χ3n) is 3.91. The van der Waals surface area contributed by atoms with Crippen molar-refractivity contribution in [3.05, 3.63) is 12.4 Å². The van der Waals surface area contributed by atoms with E-state index in [0.717, 1.165) is 12.8 Å². The Balaban J connectivity index is 1.82. The maximum atomic E-state index is 12.2. The number of likely N-dealkylation sites (tertiary alicyclic amines) is 1. The zero-order chi connectivity index (χ0) is 15.3. The fraction of sp³-hybridized carbons (Fsp3) is 0.692. The Morgan fingerprint density at radius 3 is 2.90 bits per heavy atom. The molecule has 2 amide bonds. The molecular formula is C13H21N5O3. The average Bonchev–Trinajstić information content (AvgIpc) is 2.97. The van der Waals surface area contributed by atoms with Crippen molar-refractivity contribution in [1.82, 2.24) is 25.2 Å². The largest absolute Gasteiger partial charge is 0.480 e. The van der Waals surface area contributed by atoms with Crippen LogP contribution in [0.25, 0.3) is 0 Å². The molecule has 1 aromatic rings. The van der Waals surface area contributed by atoms with Crippen LogP contribution in [0.5, 0.6) is 0 Å². The van der Waals surface area contributed by atoms with Gasteiger partial charge in [0.1, 0.15) is 5.54 Å². The summed E-state index contributed by atoms with van der Waals surface area (Å²) in [5, 5.41) is 19.7. The van der Waals surface area contributed by atoms with Gasteiger partial charge in [0, 0.05) is 25.8 Å². The van der Waals surface area contributed by atoms with Crippen molar-refractivity contribution in [3.8, 4) is 0 Å². The smallest absolute Gasteiger partial charge is 0.329 e. The predicted octanol–water partition coefficient (Wildman–Crippen LogP) is 0.707. The van der Waals surface area contributed by atoms with Gasteiger partial charge in [-0.15, -0.1) is 5.10 Å². The van der Waals surface area contributed by atoms with E-state index in [0.29, 0.717) is 32.5 Å². The number of aryl methyl sites for hydroxylation is 1. The third-order valence-corrected chi connectivity index (χ3v) is 3.91. The fourth-order valence-electron chi connectivity index (χ4n) is 2.55. The number of hydrogen-bond donors (Lipinski definition) is 2. The topological polar surface area (TPSA) is 100 Å². The second-order valence-electron chi connectivity index (χ2n) is 5.44. The maximum absolute atomic E-state index is 12.2. The van der Waals surface area contributed by atoms with Crippen LogP contribution >= 0.6 is 0 Å². The van der Waals surface area contributed by atoms with E-state index in [2.05, 4.69) is 15.6 Å². The minimum atomic E-state index is -1.10. The Morgan fingerprint density at radius 1 is 1.43 bits per heavy atom. The molecule has 0 radical (unpaired) electrons. The number of amides is 2. The zero-order valence-electron chi connectivity index (χ0n) is 12.2. The normalized spacial score (nSPS) is 22.0. The highest BCUT2D eigenvalue weighted by Crippen LogP contribution is 2.28. The van der Waals surface area contributed by atoms with E-state index in [1.165, 1.54) is 4.90 Å². The second kappa shape index (κ2) is 6.55. The lowest BCUT2D eigenvalue weighted by atomic mass is 9.89. The molecule has 21 heavy (non-hydrogen) atoms. The van der Waals surface area contributed by atoms with Crippen molar-refractivity contribution in [2.45, 2.75) is 44.7 Å². The van der Waals surface area contributed by atoms with Crippen molar-refractivity contribution in [2.75, 3.05) is 13.1 Å². The summed E-state index contributed by atoms with van der Waals surface area (Å²) in [6.45, 7) is 3.24. The standard InChI is InChI=1S/C13H21N5O3/c1-13(11(19)20)5-2-3-9-18(13)12(21)14-6-4-8-17-10-7-15-16-17/h7,10H,2-6,8-9H2,1H3,(H,14,21)(H,19,20). The first kappa shape index (κ1) is 15.3. The summed E-state index contributed by atoms with van der Waals surface area (Å²) in [4.78, 5) is 25.1. The van der Waals surface area contributed by atoms with Crippen LogP contribution < -0.4 is 5.32 Å². The first-order chi connectivity index (χ1) is 10.0. The number of hydrogen-bond acceptors (Lipinski definition) is 4. The summed E-state index contributed by atoms with van der Waals surface area (Å²) in [6, 6.07) is -0.307. The molecule has 8 heteroatoms. The number of carbonyl (C=O) groups is 2. The Kier molecular flexibility index (Phi) is 4.77. The SMILES string of the molecule is CC1(C(=O)O)CCCCN1C(=O)NCCCn1ccnn1. The molecule has 116 valence electrons. The average molecular weight is 295 g/mol. The number of aromatic nitrogens is 3. The molecule has 8 nitrogen and oxygen atoms in total. The van der Waals surface area contributed by atoms with Crippen LogP contribution in [-0.2, 0) is 11.3 Å². The van der Waals surface area contributed by atoms with Crippen LogP contribution in [0, 0.1) is 0 Å². The van der Waals surface area contributed by atoms with Crippen LogP contribution in [0.1, 0.15) is 32.6 Å². The molecule has 0 saturated carbocycles. The lowest BCUT2D eigenvalue weighted by Crippen LogP contribution is -2.60. The quantitative estimate of drug-likeness (QED) is 0.779. The molecule has 0 spiro atoms. The van der Waals surface area contributed by atoms with E-state index in [9.17, 15) is 14.7 Å². The number of urea groups is 1. The van der Waals surface area contributed by atoms with Gasteiger partial charge in [-0.1, -0.05) is 5.21 Å². The number of nitrogens with one attached hydrogen (secondary N) is 1. The molecule has 1 saturated heterocycles. The van der Waals surface area contributed by atoms with Gasteiger partial charge < -0.3 is 15.3 Å². The molecule has 0 bridgehead atoms. The lowest BCUT2D eigenvalue weighted by Gasteiger charge is -2.41. The van der Waals surface area contributed by atoms with Crippen molar-refractivity contribution in [2.24, 2.45) is 0 Å². The molecule has 2 N–H and O–H groups in total. The van der Waals surface area contributed by atoms with Crippen molar-refractivity contribution in [3.63, 3.8) is 0 Å². The summed E-state index contributed by atoms with van der Waals surface area (Å²) < 4.78 is 1.69. The minimum absolute atomic E-state index is 0.307. The van der Waals surface area contributed by atoms with E-state index < -0.39 is 11.5 Å². The molecule has 1 unspecified atom stereocenters. The van der Waals surface area contributed by atoms with Gasteiger partial charge in [-0.25, -0.2) is 9.59 Å². The first-order valence-electron chi connectivity index (χ1n) is 7.17. The summed E-state index contributed by atoms with van der Waals surface area (Å²) in [5.74, 6) is -0.944. The van der Waals surface area contributed by atoms with E-state index in [1.54, 1.807) is 24.0 Å². The molecule has 1 aliphatic heterocycles. The molecule has 1 fully saturated rings. The zero-order valence-corrected chi connectivity index (χ0v) is 12.2. The third kappa shape index (κ3) is 3.50. The molecule has 0 aromatic carbocycles. The Labute approximate surface area is 123 Å². The Hall–Kier alpha value is -2.12. The number of rotatable bonds is 5. The molecular weight excluding hydrogens is 274 g/mol. The van der Waals surface area contributed by atoms with Crippen LogP contribution in [0.3, 0.4) is 0 Å². The highest BCUT2D eigenvalue weighted by Gasteiger charge is 2.43. The lowest BCUT2D eigenvalue weighted by molar-refractivity contribution is -0.150. The van der Waals surface area contributed by atoms with Crippen LogP contribution in [0.15, 0.2) is 12.4 Å². The molecule has 2 heterocycles. The summed E-state index contributed by atoms with van der Waals surface area (Å²) >= 11 is 0. The number of carboxylic acids is 1. The van der Waals surface area contributed by atoms with Gasteiger partial charge in [0.05, 0.1) is 6.20 Å². The van der Waals surface area contributed by atoms with Crippen LogP contribution in [-0.4, -0.2) is 55.6 Å². The summed E-state index contributed by atoms with van der Waals surface area (Å²) in [5.41, 5.74) is -1.10. The Morgan fingerprint density at radius 2 is 2.24 bits per heavy atom. The van der Waals surface area contributed by atoms with Gasteiger partial charge in [-0.2, -0.15) is 0 Å². The number of piperidine rings is 1. The van der Waals surface area contributed by atoms with Crippen molar-refractivity contribution >= 4 is 12.0 Å². The van der Waals surface area contributed by atoms with Gasteiger partial charge in [-0.3, -0.25) is 4.68 Å². The number of nitrogens with zero attached hydrogens (tertiary/aromatic N) is 4. The monoisotopic (exact) mass is 295 g/mol. The fourth-order valence-corrected chi connectivity index (χ4v) is 2.55. The van der Waals surface area contributed by atoms with E-state index in [1.807, 2.05) is 0 Å². The van der Waals surface area contributed by atoms with Crippen molar-refractivity contribution in [1.29, 1.82) is 0 Å². The van der Waals surface area contributed by atoms with Gasteiger partial charge in [0.15, 0.2) is 0 Å². The number of carboxylic acid groups (broad SMARTS) is 1. The molecule has 1 aromatic heterocycles. The summed E-state index contributed by atoms with van der Waals surface area (Å²) in [6.07, 6.45) is 6.24. The highest BCUT2D eigenvalue weighted by molar-refractivity contribution is 5.86. The van der Waals surface area contributed by atoms with E-state index in [-0.39, 0.29) is 6.03 Å². The van der Waals surface area contributed by atoms with Gasteiger partial charge >= 0.3 is 12.0 Å². The number of carbonyl (C=O) groups excluding carboxylic acids is 1. The van der Waals surface area contributed by atoms with Gasteiger partial charge in [-0.05, 0) is 32.6 Å². The first-order valence-corrected chi connectivity index (χ1v) is 7.17. The minimum Gasteiger partial charge on any atom is -0.480 e. The van der Waals surface area contributed by atoms with E-state index >= 15 is 0 Å². The summed E-state index contributed by atoms with van der Waals surface area (Å²) in [7, 11) is 0. The van der Waals surface area contributed by atoms with Gasteiger partial charge in [0.2, 0.25) is 0 Å². The predicted molar refractivity (Wildman–Crippen MR) is 74.6 cm³/mol. The number of aliphatic carboxylic acids is 1. The van der Waals surface area contributed by atoms with Crippen molar-refractivity contribution < 1.29 is 14.7 Å². The molecule has 1 atom stereocenters. The van der Waals surface area contributed by atoms with Crippen LogP contribution in [0.4, 0.5) is 4.79 Å². The molecule has 0 aliphatic carbocycles. The second-order valence-corrected chi connectivity index (χ2v) is 5.44. The van der Waals surface area contributed by atoms with E-state index in [4.69, 9.17) is 0 Å². The molecule has 1 aliphatic rings. The van der Waals surface area contributed by atoms with Gasteiger partial charge in [0.25, 0.3) is 0 Å². The van der Waals surface area contributed by atoms with Crippen LogP contribution in [0.2, 0.25) is 0 Å².